The minimum atomic E-state index is 0.200. The van der Waals surface area contributed by atoms with Crippen molar-refractivity contribution < 1.29 is 9.15 Å². The highest BCUT2D eigenvalue weighted by atomic mass is 16.6. The Morgan fingerprint density at radius 1 is 1.36 bits per heavy atom. The van der Waals surface area contributed by atoms with Gasteiger partial charge in [0.2, 0.25) is 0 Å². The molecule has 0 amide bonds. The molecular formula is C8H6NO2. The van der Waals surface area contributed by atoms with Crippen LogP contribution in [0.1, 0.15) is 0 Å². The van der Waals surface area contributed by atoms with Gasteiger partial charge in [0, 0.05) is 0 Å². The number of nitrogens with zero attached hydrogens (tertiary/aromatic N) is 1. The predicted molar refractivity (Wildman–Crippen MR) is 40.0 cm³/mol. The molecule has 0 unspecified atom stereocenters. The van der Waals surface area contributed by atoms with Crippen molar-refractivity contribution >= 4 is 11.1 Å². The second kappa shape index (κ2) is 2.27. The number of oxazole rings is 1. The topological polar surface area (TPSA) is 35.3 Å². The average Bonchev–Trinajstić information content (AvgIpc) is 2.46. The lowest BCUT2D eigenvalue weighted by Crippen LogP contribution is -1.75. The summed E-state index contributed by atoms with van der Waals surface area (Å²) in [6.07, 6.45) is 0.200. The van der Waals surface area contributed by atoms with Crippen molar-refractivity contribution in [1.82, 2.24) is 4.98 Å². The van der Waals surface area contributed by atoms with Gasteiger partial charge in [0.1, 0.15) is 12.6 Å². The van der Waals surface area contributed by atoms with E-state index in [1.165, 1.54) is 0 Å². The highest BCUT2D eigenvalue weighted by molar-refractivity contribution is 5.72. The molecule has 1 radical (unpaired) electrons. The van der Waals surface area contributed by atoms with Crippen LogP contribution < -0.4 is 4.74 Å². The summed E-state index contributed by atoms with van der Waals surface area (Å²) < 4.78 is 9.69. The highest BCUT2D eigenvalue weighted by Gasteiger charge is 2.02. The lowest BCUT2D eigenvalue weighted by molar-refractivity contribution is 0.336. The van der Waals surface area contributed by atoms with Crippen LogP contribution in [0.2, 0.25) is 0 Å². The van der Waals surface area contributed by atoms with Crippen LogP contribution in [-0.2, 0) is 0 Å². The molecule has 1 aromatic heterocycles. The van der Waals surface area contributed by atoms with Gasteiger partial charge in [-0.05, 0) is 12.1 Å². The summed E-state index contributed by atoms with van der Waals surface area (Å²) in [5.41, 5.74) is 1.50. The van der Waals surface area contributed by atoms with E-state index in [4.69, 9.17) is 4.42 Å². The van der Waals surface area contributed by atoms with Crippen LogP contribution in [0.15, 0.2) is 28.7 Å². The number of hydrogen-bond acceptors (Lipinski definition) is 3. The van der Waals surface area contributed by atoms with E-state index < -0.39 is 0 Å². The third-order valence-corrected chi connectivity index (χ3v) is 1.40. The summed E-state index contributed by atoms with van der Waals surface area (Å²) >= 11 is 0. The maximum absolute atomic E-state index is 5.12. The first-order chi connectivity index (χ1) is 5.40. The summed E-state index contributed by atoms with van der Waals surface area (Å²) in [6, 6.07) is 7.43. The second-order valence-electron chi connectivity index (χ2n) is 2.09. The average molecular weight is 148 g/mol. The predicted octanol–water partition coefficient (Wildman–Crippen LogP) is 2.00. The van der Waals surface area contributed by atoms with Gasteiger partial charge in [-0.15, -0.1) is 0 Å². The number of ether oxygens (including phenoxy) is 1. The molecule has 2 aromatic rings. The Hall–Kier alpha value is -1.51. The van der Waals surface area contributed by atoms with Crippen molar-refractivity contribution in [2.75, 3.05) is 0 Å². The van der Waals surface area contributed by atoms with Crippen molar-refractivity contribution in [2.45, 2.75) is 0 Å². The number of fused-ring (bicyclic) bond motifs is 1. The molecule has 0 saturated carbocycles. The molecule has 11 heavy (non-hydrogen) atoms. The van der Waals surface area contributed by atoms with Crippen LogP contribution in [0.3, 0.4) is 0 Å². The molecular weight excluding hydrogens is 142 g/mol. The maximum Gasteiger partial charge on any atom is 0.394 e. The zero-order valence-electron chi connectivity index (χ0n) is 5.78. The zero-order valence-corrected chi connectivity index (χ0v) is 5.78. The van der Waals surface area contributed by atoms with Gasteiger partial charge >= 0.3 is 6.08 Å². The Kier molecular flexibility index (Phi) is 1.28. The molecule has 0 aliphatic rings. The number of hydrogen-bond donors (Lipinski definition) is 0. The lowest BCUT2D eigenvalue weighted by Gasteiger charge is -1.83. The van der Waals surface area contributed by atoms with E-state index in [9.17, 15) is 0 Å². The van der Waals surface area contributed by atoms with E-state index in [0.29, 0.717) is 5.58 Å². The molecule has 0 aliphatic carbocycles. The Morgan fingerprint density at radius 3 is 2.91 bits per heavy atom. The van der Waals surface area contributed by atoms with Crippen molar-refractivity contribution in [3.63, 3.8) is 0 Å². The van der Waals surface area contributed by atoms with Gasteiger partial charge in [0.15, 0.2) is 5.58 Å². The molecule has 1 heterocycles. The third kappa shape index (κ3) is 0.941. The fourth-order valence-corrected chi connectivity index (χ4v) is 0.913. The molecule has 1 aromatic carbocycles. The molecule has 0 bridgehead atoms. The first kappa shape index (κ1) is 6.22. The number of para-hydroxylation sites is 2. The molecule has 0 aliphatic heterocycles. The summed E-state index contributed by atoms with van der Waals surface area (Å²) in [7, 11) is 3.19. The zero-order chi connectivity index (χ0) is 7.68. The van der Waals surface area contributed by atoms with E-state index in [-0.39, 0.29) is 6.08 Å². The van der Waals surface area contributed by atoms with E-state index in [1.54, 1.807) is 0 Å². The van der Waals surface area contributed by atoms with Gasteiger partial charge in [-0.1, -0.05) is 12.1 Å². The molecule has 0 N–H and O–H groups in total. The molecule has 3 heteroatoms. The molecule has 0 spiro atoms. The fourth-order valence-electron chi connectivity index (χ4n) is 0.913. The van der Waals surface area contributed by atoms with Gasteiger partial charge in [-0.2, -0.15) is 4.98 Å². The SMILES string of the molecule is [CH2]Oc1nc2ccccc2o1. The van der Waals surface area contributed by atoms with Crippen LogP contribution in [0.25, 0.3) is 11.1 Å². The van der Waals surface area contributed by atoms with Crippen LogP contribution in [-0.4, -0.2) is 4.98 Å². The summed E-state index contributed by atoms with van der Waals surface area (Å²) in [5.74, 6) is 0. The second-order valence-corrected chi connectivity index (χ2v) is 2.09. The van der Waals surface area contributed by atoms with Gasteiger partial charge in [0.25, 0.3) is 0 Å². The van der Waals surface area contributed by atoms with Gasteiger partial charge < -0.3 is 9.15 Å². The lowest BCUT2D eigenvalue weighted by atomic mass is 10.3. The van der Waals surface area contributed by atoms with Crippen LogP contribution in [0, 0.1) is 7.11 Å². The minimum Gasteiger partial charge on any atom is -0.447 e. The summed E-state index contributed by atoms with van der Waals surface area (Å²) in [6.45, 7) is 0. The van der Waals surface area contributed by atoms with Gasteiger partial charge in [0.05, 0.1) is 0 Å². The van der Waals surface area contributed by atoms with Crippen molar-refractivity contribution in [1.29, 1.82) is 0 Å². The summed E-state index contributed by atoms with van der Waals surface area (Å²) in [4.78, 5) is 3.98. The van der Waals surface area contributed by atoms with Crippen molar-refractivity contribution in [3.05, 3.63) is 31.4 Å². The Balaban J connectivity index is 2.69. The molecule has 0 atom stereocenters. The number of aromatic nitrogens is 1. The molecule has 55 valence electrons. The van der Waals surface area contributed by atoms with E-state index >= 15 is 0 Å². The Bertz CT molecular complexity index is 334. The van der Waals surface area contributed by atoms with Crippen molar-refractivity contribution in [3.8, 4) is 6.08 Å². The number of rotatable bonds is 1. The standard InChI is InChI=1S/C8H6NO2/c1-10-8-9-6-4-2-3-5-7(6)11-8/h2-5H,1H2. The third-order valence-electron chi connectivity index (χ3n) is 1.40. The quantitative estimate of drug-likeness (QED) is 0.620. The largest absolute Gasteiger partial charge is 0.447 e. The maximum atomic E-state index is 5.12. The molecule has 0 saturated heterocycles. The summed E-state index contributed by atoms with van der Waals surface area (Å²) in [5, 5.41) is 0. The van der Waals surface area contributed by atoms with E-state index in [1.807, 2.05) is 24.3 Å². The molecule has 0 fully saturated rings. The highest BCUT2D eigenvalue weighted by Crippen LogP contribution is 2.18. The van der Waals surface area contributed by atoms with Gasteiger partial charge in [-0.25, -0.2) is 0 Å². The molecule has 2 rings (SSSR count). The first-order valence-electron chi connectivity index (χ1n) is 3.18. The van der Waals surface area contributed by atoms with Crippen LogP contribution in [0.4, 0.5) is 0 Å². The van der Waals surface area contributed by atoms with Gasteiger partial charge in [-0.3, -0.25) is 0 Å². The fraction of sp³-hybridized carbons (Fsp3) is 0. The smallest absolute Gasteiger partial charge is 0.394 e. The minimum absolute atomic E-state index is 0.200. The first-order valence-corrected chi connectivity index (χ1v) is 3.18. The van der Waals surface area contributed by atoms with E-state index in [0.717, 1.165) is 5.52 Å². The van der Waals surface area contributed by atoms with E-state index in [2.05, 4.69) is 16.8 Å². The van der Waals surface area contributed by atoms with Crippen LogP contribution in [0.5, 0.6) is 6.08 Å². The Morgan fingerprint density at radius 2 is 2.18 bits per heavy atom. The monoisotopic (exact) mass is 148 g/mol. The van der Waals surface area contributed by atoms with Crippen molar-refractivity contribution in [2.24, 2.45) is 0 Å². The molecule has 3 nitrogen and oxygen atoms in total. The number of benzene rings is 1. The Labute approximate surface area is 63.6 Å². The van der Waals surface area contributed by atoms with Crippen LogP contribution >= 0.6 is 0 Å². The normalized spacial score (nSPS) is 10.3.